The minimum absolute atomic E-state index is 0.0136. The molecule has 0 bridgehead atoms. The summed E-state index contributed by atoms with van der Waals surface area (Å²) in [6.45, 7) is 6.01. The predicted molar refractivity (Wildman–Crippen MR) is 123 cm³/mol. The predicted octanol–water partition coefficient (Wildman–Crippen LogP) is 3.51. The first-order chi connectivity index (χ1) is 16.0. The van der Waals surface area contributed by atoms with E-state index in [1.807, 2.05) is 32.0 Å². The highest BCUT2D eigenvalue weighted by Gasteiger charge is 2.29. The highest BCUT2D eigenvalue weighted by molar-refractivity contribution is 5.98. The first kappa shape index (κ1) is 23.0. The molecule has 4 rings (SSSR count). The van der Waals surface area contributed by atoms with Crippen LogP contribution in [0, 0.1) is 0 Å². The zero-order chi connectivity index (χ0) is 23.2. The van der Waals surface area contributed by atoms with Crippen LogP contribution in [0.15, 0.2) is 42.6 Å². The first-order valence-corrected chi connectivity index (χ1v) is 11.6. The number of carbonyl (C=O) groups excluding carboxylic acids is 2. The highest BCUT2D eigenvalue weighted by Crippen LogP contribution is 2.32. The molecule has 2 unspecified atom stereocenters. The number of hydrogen-bond acceptors (Lipinski definition) is 6. The van der Waals surface area contributed by atoms with Crippen LogP contribution in [0.4, 0.5) is 0 Å². The number of fused-ring (bicyclic) bond motifs is 2. The highest BCUT2D eigenvalue weighted by atomic mass is 16.5. The van der Waals surface area contributed by atoms with Crippen LogP contribution in [-0.4, -0.2) is 71.6 Å². The summed E-state index contributed by atoms with van der Waals surface area (Å²) < 4.78 is 17.7. The fraction of sp³-hybridized carbons (Fsp3) is 0.480. The molecule has 2 aliphatic rings. The van der Waals surface area contributed by atoms with Gasteiger partial charge in [-0.1, -0.05) is 12.1 Å². The third kappa shape index (κ3) is 5.82. The van der Waals surface area contributed by atoms with E-state index in [4.69, 9.17) is 14.2 Å². The molecular weight excluding hydrogens is 422 g/mol. The van der Waals surface area contributed by atoms with Crippen LogP contribution in [0.3, 0.4) is 0 Å². The van der Waals surface area contributed by atoms with E-state index in [1.54, 1.807) is 34.2 Å². The summed E-state index contributed by atoms with van der Waals surface area (Å²) in [5.74, 6) is 0.976. The number of morpholine rings is 1. The molecule has 0 spiro atoms. The smallest absolute Gasteiger partial charge is 0.259 e. The summed E-state index contributed by atoms with van der Waals surface area (Å²) in [5.41, 5.74) is 0.322. The number of hydrogen-bond donors (Lipinski definition) is 0. The minimum Gasteiger partial charge on any atom is -0.490 e. The molecule has 1 saturated heterocycles. The van der Waals surface area contributed by atoms with E-state index in [9.17, 15) is 9.59 Å². The number of nitrogens with zero attached hydrogens (tertiary/aromatic N) is 3. The molecule has 2 aromatic rings. The maximum absolute atomic E-state index is 13.6. The van der Waals surface area contributed by atoms with Gasteiger partial charge in [-0.15, -0.1) is 0 Å². The van der Waals surface area contributed by atoms with Crippen molar-refractivity contribution in [3.8, 4) is 17.4 Å². The number of aromatic nitrogens is 1. The molecule has 176 valence electrons. The van der Waals surface area contributed by atoms with E-state index >= 15 is 0 Å². The van der Waals surface area contributed by atoms with Crippen molar-refractivity contribution in [2.75, 3.05) is 32.8 Å². The normalized spacial score (nSPS) is 21.9. The second-order valence-corrected chi connectivity index (χ2v) is 8.60. The molecule has 0 saturated carbocycles. The van der Waals surface area contributed by atoms with Gasteiger partial charge in [-0.3, -0.25) is 9.59 Å². The van der Waals surface area contributed by atoms with Gasteiger partial charge in [-0.05, 0) is 57.4 Å². The van der Waals surface area contributed by atoms with E-state index in [0.717, 1.165) is 19.3 Å². The number of pyridine rings is 1. The molecule has 1 fully saturated rings. The van der Waals surface area contributed by atoms with E-state index in [0.29, 0.717) is 43.3 Å². The van der Waals surface area contributed by atoms with Crippen LogP contribution in [0.2, 0.25) is 0 Å². The maximum Gasteiger partial charge on any atom is 0.259 e. The lowest BCUT2D eigenvalue weighted by atomic mass is 10.2. The Kier molecular flexibility index (Phi) is 7.44. The standard InChI is InChI=1S/C25H31N3O5/c1-18-15-28(16-19(2)32-18)23(29)17-27-13-6-3-7-14-31-21-10-4-5-11-22(21)33-24-20(25(27)30)9-8-12-26-24/h4-5,8-12,18-19H,3,6-7,13-17H2,1-2H3. The van der Waals surface area contributed by atoms with Crippen LogP contribution in [-0.2, 0) is 9.53 Å². The van der Waals surface area contributed by atoms with Crippen LogP contribution < -0.4 is 9.47 Å². The summed E-state index contributed by atoms with van der Waals surface area (Å²) in [6.07, 6.45) is 4.03. The molecule has 33 heavy (non-hydrogen) atoms. The lowest BCUT2D eigenvalue weighted by molar-refractivity contribution is -0.143. The van der Waals surface area contributed by atoms with Gasteiger partial charge in [0, 0.05) is 25.8 Å². The first-order valence-electron chi connectivity index (χ1n) is 11.6. The van der Waals surface area contributed by atoms with Crippen LogP contribution in [0.25, 0.3) is 0 Å². The lowest BCUT2D eigenvalue weighted by Crippen LogP contribution is -2.51. The van der Waals surface area contributed by atoms with E-state index in [1.165, 1.54) is 0 Å². The summed E-state index contributed by atoms with van der Waals surface area (Å²) in [4.78, 5) is 34.4. The number of benzene rings is 1. The number of carbonyl (C=O) groups is 2. The van der Waals surface area contributed by atoms with E-state index in [-0.39, 0.29) is 36.4 Å². The van der Waals surface area contributed by atoms with Crippen molar-refractivity contribution in [2.24, 2.45) is 0 Å². The Labute approximate surface area is 194 Å². The zero-order valence-electron chi connectivity index (χ0n) is 19.2. The zero-order valence-corrected chi connectivity index (χ0v) is 19.2. The minimum atomic E-state index is -0.265. The Morgan fingerprint density at radius 3 is 2.58 bits per heavy atom. The number of rotatable bonds is 2. The Balaban J connectivity index is 1.59. The second-order valence-electron chi connectivity index (χ2n) is 8.60. The van der Waals surface area contributed by atoms with Gasteiger partial charge in [0.05, 0.1) is 18.8 Å². The number of ether oxygens (including phenoxy) is 3. The van der Waals surface area contributed by atoms with Crippen molar-refractivity contribution >= 4 is 11.8 Å². The van der Waals surface area contributed by atoms with Gasteiger partial charge in [-0.25, -0.2) is 4.98 Å². The molecular formula is C25H31N3O5. The monoisotopic (exact) mass is 453 g/mol. The van der Waals surface area contributed by atoms with Gasteiger partial charge in [0.25, 0.3) is 5.91 Å². The topological polar surface area (TPSA) is 81.2 Å². The van der Waals surface area contributed by atoms with Crippen molar-refractivity contribution in [1.82, 2.24) is 14.8 Å². The summed E-state index contributed by atoms with van der Waals surface area (Å²) >= 11 is 0. The van der Waals surface area contributed by atoms with Crippen molar-refractivity contribution < 1.29 is 23.8 Å². The lowest BCUT2D eigenvalue weighted by Gasteiger charge is -2.36. The Bertz CT molecular complexity index is 972. The van der Waals surface area contributed by atoms with Gasteiger partial charge >= 0.3 is 0 Å². The quantitative estimate of drug-likeness (QED) is 0.692. The van der Waals surface area contributed by atoms with E-state index < -0.39 is 0 Å². The van der Waals surface area contributed by atoms with Gasteiger partial charge < -0.3 is 24.0 Å². The van der Waals surface area contributed by atoms with Gasteiger partial charge in [-0.2, -0.15) is 0 Å². The molecule has 0 radical (unpaired) electrons. The fourth-order valence-corrected chi connectivity index (χ4v) is 4.22. The summed E-state index contributed by atoms with van der Waals surface area (Å²) in [7, 11) is 0. The maximum atomic E-state index is 13.6. The van der Waals surface area contributed by atoms with Gasteiger partial charge in [0.15, 0.2) is 11.5 Å². The van der Waals surface area contributed by atoms with E-state index in [2.05, 4.69) is 4.98 Å². The van der Waals surface area contributed by atoms with Crippen molar-refractivity contribution in [1.29, 1.82) is 0 Å². The second kappa shape index (κ2) is 10.7. The Morgan fingerprint density at radius 1 is 1.03 bits per heavy atom. The molecule has 0 N–H and O–H groups in total. The SMILES string of the molecule is CC1CN(C(=O)CN2CCCCCOc3ccccc3Oc3ncccc3C2=O)CC(C)O1. The average Bonchev–Trinajstić information content (AvgIpc) is 2.81. The molecule has 0 aliphatic carbocycles. The van der Waals surface area contributed by atoms with Gasteiger partial charge in [0.1, 0.15) is 12.1 Å². The Morgan fingerprint density at radius 2 is 1.79 bits per heavy atom. The summed E-state index contributed by atoms with van der Waals surface area (Å²) in [5, 5.41) is 0. The molecule has 2 aliphatic heterocycles. The third-order valence-electron chi connectivity index (χ3n) is 5.77. The summed E-state index contributed by atoms with van der Waals surface area (Å²) in [6, 6.07) is 10.7. The molecule has 8 nitrogen and oxygen atoms in total. The molecule has 1 aromatic carbocycles. The van der Waals surface area contributed by atoms with Crippen molar-refractivity contribution in [3.63, 3.8) is 0 Å². The van der Waals surface area contributed by atoms with Crippen molar-refractivity contribution in [2.45, 2.75) is 45.3 Å². The van der Waals surface area contributed by atoms with Gasteiger partial charge in [0.2, 0.25) is 11.8 Å². The number of amides is 2. The molecule has 2 atom stereocenters. The van der Waals surface area contributed by atoms with Crippen LogP contribution in [0.5, 0.6) is 17.4 Å². The van der Waals surface area contributed by atoms with Crippen molar-refractivity contribution in [3.05, 3.63) is 48.2 Å². The Hall–Kier alpha value is -3.13. The molecule has 1 aromatic heterocycles. The molecule has 8 heteroatoms. The molecule has 3 heterocycles. The fourth-order valence-electron chi connectivity index (χ4n) is 4.22. The van der Waals surface area contributed by atoms with Crippen LogP contribution in [0.1, 0.15) is 43.5 Å². The average molecular weight is 454 g/mol. The van der Waals surface area contributed by atoms with Crippen LogP contribution >= 0.6 is 0 Å². The number of para-hydroxylation sites is 2. The largest absolute Gasteiger partial charge is 0.490 e. The molecule has 2 amide bonds. The third-order valence-corrected chi connectivity index (χ3v) is 5.77.